The Bertz CT molecular complexity index is 1750. The van der Waals surface area contributed by atoms with E-state index in [1.807, 2.05) is 30.3 Å². The highest BCUT2D eigenvalue weighted by molar-refractivity contribution is 6.38. The summed E-state index contributed by atoms with van der Waals surface area (Å²) in [6.07, 6.45) is 1.18. The predicted octanol–water partition coefficient (Wildman–Crippen LogP) is -1.20. The fraction of sp³-hybridized carbons (Fsp3) is 0.600. The summed E-state index contributed by atoms with van der Waals surface area (Å²) in [5.41, 5.74) is 4.73. The number of nitrogens with one attached hydrogen (secondary N) is 6. The van der Waals surface area contributed by atoms with Crippen LogP contribution in [-0.2, 0) is 59.1 Å². The number of hydrogen-bond donors (Lipinski definition) is 7. The third-order valence-corrected chi connectivity index (χ3v) is 10.2. The lowest BCUT2D eigenvalue weighted by molar-refractivity contribution is -0.159. The van der Waals surface area contributed by atoms with E-state index >= 15 is 0 Å². The van der Waals surface area contributed by atoms with Gasteiger partial charge in [0.05, 0.1) is 5.41 Å². The molecule has 2 heterocycles. The van der Waals surface area contributed by atoms with Gasteiger partial charge < -0.3 is 47.3 Å². The number of fused-ring (bicyclic) bond motifs is 1. The molecule has 2 saturated heterocycles. The molecule has 59 heavy (non-hydrogen) atoms. The van der Waals surface area contributed by atoms with E-state index in [0.29, 0.717) is 19.3 Å². The first-order valence-corrected chi connectivity index (χ1v) is 19.9. The molecule has 2 aliphatic heterocycles. The molecule has 2 fully saturated rings. The molecule has 324 valence electrons. The molecule has 1 aromatic carbocycles. The van der Waals surface area contributed by atoms with Gasteiger partial charge in [0, 0.05) is 25.4 Å². The Morgan fingerprint density at radius 3 is 1.86 bits per heavy atom. The molecule has 0 aromatic heterocycles. The number of rotatable bonds is 6. The third kappa shape index (κ3) is 14.5. The lowest BCUT2D eigenvalue weighted by Gasteiger charge is -2.36. The van der Waals surface area contributed by atoms with Crippen molar-refractivity contribution in [2.24, 2.45) is 11.1 Å². The first kappa shape index (κ1) is 47.5. The van der Waals surface area contributed by atoms with E-state index < -0.39 is 113 Å². The second-order valence-corrected chi connectivity index (χ2v) is 15.8. The maximum atomic E-state index is 14.0. The van der Waals surface area contributed by atoms with Gasteiger partial charge in [-0.05, 0) is 85.6 Å². The smallest absolute Gasteiger partial charge is 0.328 e. The molecule has 19 nitrogen and oxygen atoms in total. The zero-order chi connectivity index (χ0) is 44.0. The number of cyclic esters (lactones) is 1. The fourth-order valence-electron chi connectivity index (χ4n) is 6.43. The maximum absolute atomic E-state index is 14.0. The van der Waals surface area contributed by atoms with Crippen LogP contribution in [0.3, 0.4) is 0 Å². The number of ketones is 1. The number of hydrogen-bond acceptors (Lipinski definition) is 11. The molecule has 0 bridgehead atoms. The van der Waals surface area contributed by atoms with Crippen LogP contribution in [0.4, 0.5) is 0 Å². The van der Waals surface area contributed by atoms with Crippen LogP contribution < -0.4 is 37.6 Å². The molecule has 7 atom stereocenters. The van der Waals surface area contributed by atoms with Gasteiger partial charge >= 0.3 is 5.97 Å². The number of benzene rings is 1. The first-order chi connectivity index (χ1) is 27.7. The number of carbonyl (C=O) groups is 10. The molecule has 2 aliphatic rings. The van der Waals surface area contributed by atoms with Crippen molar-refractivity contribution in [3.63, 3.8) is 0 Å². The summed E-state index contributed by atoms with van der Waals surface area (Å²) in [7, 11) is 0. The van der Waals surface area contributed by atoms with Crippen molar-refractivity contribution < 1.29 is 52.7 Å². The number of ether oxygens (including phenoxy) is 1. The molecule has 19 heteroatoms. The Morgan fingerprint density at radius 1 is 0.729 bits per heavy atom. The topological polar surface area (TPSA) is 281 Å². The number of nitrogens with zero attached hydrogens (tertiary/aromatic N) is 1. The summed E-state index contributed by atoms with van der Waals surface area (Å²) >= 11 is 0. The molecule has 0 spiro atoms. The van der Waals surface area contributed by atoms with Crippen LogP contribution in [0.1, 0.15) is 92.1 Å². The number of nitrogens with two attached hydrogens (primary N) is 1. The van der Waals surface area contributed by atoms with E-state index in [4.69, 9.17) is 10.5 Å². The number of amides is 8. The second kappa shape index (κ2) is 21.8. The Balaban J connectivity index is 1.95. The number of primary amides is 1. The van der Waals surface area contributed by atoms with Gasteiger partial charge in [0.1, 0.15) is 42.9 Å². The SMILES string of the molecule is C[C@@H]1NC(=O)[C@H](C)NC(=O)[C@H](CCC(N)=O)NC(=O)C[C@@H](CCc2ccccc2)NC(=O)[C@@H]2CCCCN2C(=O)C(=O)C(C)(C)COC(=O)[C@@H](C)NC(=O)[C@H](C)NC1=O. The van der Waals surface area contributed by atoms with Gasteiger partial charge in [0.15, 0.2) is 0 Å². The van der Waals surface area contributed by atoms with Crippen molar-refractivity contribution in [3.8, 4) is 0 Å². The van der Waals surface area contributed by atoms with Gasteiger partial charge in [0.25, 0.3) is 5.91 Å². The molecular formula is C40H58N8O11. The number of esters is 1. The molecule has 0 radical (unpaired) electrons. The summed E-state index contributed by atoms with van der Waals surface area (Å²) < 4.78 is 5.34. The summed E-state index contributed by atoms with van der Waals surface area (Å²) in [6, 6.07) is 1.21. The Labute approximate surface area is 343 Å². The van der Waals surface area contributed by atoms with Crippen LogP contribution in [0.5, 0.6) is 0 Å². The summed E-state index contributed by atoms with van der Waals surface area (Å²) in [5, 5.41) is 15.2. The van der Waals surface area contributed by atoms with Crippen LogP contribution in [-0.4, -0.2) is 119 Å². The highest BCUT2D eigenvalue weighted by atomic mass is 16.5. The van der Waals surface area contributed by atoms with Crippen molar-refractivity contribution in [1.82, 2.24) is 36.8 Å². The maximum Gasteiger partial charge on any atom is 0.328 e. The standard InChI is InChI=1S/C40H58N8O11/c1-22-33(52)43-23(2)35(54)45-25(4)39(58)59-21-40(5,6)32(51)38(57)48-19-11-10-14-29(48)37(56)46-27(16-15-26-12-8-7-9-13-26)20-31(50)47-28(17-18-30(41)49)36(55)44-24(3)34(53)42-22/h7-9,12-13,22-25,27-29H,10-11,14-21H2,1-6H3,(H2,41,49)(H,42,53)(H,43,52)(H,44,55)(H,45,54)(H,46,56)(H,47,50)/t22-,23-,24-,25+,27+,28-,29-/m0/s1. The van der Waals surface area contributed by atoms with Crippen molar-refractivity contribution in [3.05, 3.63) is 35.9 Å². The van der Waals surface area contributed by atoms with E-state index in [2.05, 4.69) is 31.9 Å². The third-order valence-electron chi connectivity index (χ3n) is 10.2. The van der Waals surface area contributed by atoms with Gasteiger partial charge in [-0.1, -0.05) is 30.3 Å². The second-order valence-electron chi connectivity index (χ2n) is 15.8. The molecule has 0 aliphatic carbocycles. The molecule has 8 N–H and O–H groups in total. The van der Waals surface area contributed by atoms with E-state index in [9.17, 15) is 47.9 Å². The normalized spacial score (nSPS) is 27.7. The molecule has 8 amide bonds. The molecule has 0 unspecified atom stereocenters. The Morgan fingerprint density at radius 2 is 1.29 bits per heavy atom. The molecule has 1 aromatic rings. The van der Waals surface area contributed by atoms with Crippen LogP contribution in [0.25, 0.3) is 0 Å². The van der Waals surface area contributed by atoms with Crippen LogP contribution in [0.15, 0.2) is 30.3 Å². The lowest BCUT2D eigenvalue weighted by Crippen LogP contribution is -2.57. The highest BCUT2D eigenvalue weighted by Gasteiger charge is 2.42. The van der Waals surface area contributed by atoms with Crippen molar-refractivity contribution in [2.75, 3.05) is 13.2 Å². The zero-order valence-electron chi connectivity index (χ0n) is 34.5. The van der Waals surface area contributed by atoms with E-state index in [1.165, 1.54) is 46.4 Å². The largest absolute Gasteiger partial charge is 0.463 e. The molecule has 3 rings (SSSR count). The van der Waals surface area contributed by atoms with Crippen LogP contribution in [0.2, 0.25) is 0 Å². The number of Topliss-reactive ketones (excluding diaryl/α,β-unsaturated/α-hetero) is 1. The minimum absolute atomic E-state index is 0.0946. The van der Waals surface area contributed by atoms with E-state index in [0.717, 1.165) is 5.56 Å². The summed E-state index contributed by atoms with van der Waals surface area (Å²) in [5.74, 6) is -7.96. The van der Waals surface area contributed by atoms with Gasteiger partial charge in [-0.15, -0.1) is 0 Å². The average molecular weight is 827 g/mol. The molecule has 0 saturated carbocycles. The fourth-order valence-corrected chi connectivity index (χ4v) is 6.43. The van der Waals surface area contributed by atoms with Gasteiger partial charge in [-0.3, -0.25) is 43.2 Å². The zero-order valence-corrected chi connectivity index (χ0v) is 34.5. The van der Waals surface area contributed by atoms with Gasteiger partial charge in [-0.2, -0.15) is 0 Å². The van der Waals surface area contributed by atoms with Crippen molar-refractivity contribution in [1.29, 1.82) is 0 Å². The summed E-state index contributed by atoms with van der Waals surface area (Å²) in [6.45, 7) is 7.73. The van der Waals surface area contributed by atoms with Crippen molar-refractivity contribution >= 4 is 59.0 Å². The number of aryl methyl sites for hydroxylation is 1. The highest BCUT2D eigenvalue weighted by Crippen LogP contribution is 2.24. The van der Waals surface area contributed by atoms with Gasteiger partial charge in [-0.25, -0.2) is 4.79 Å². The first-order valence-electron chi connectivity index (χ1n) is 19.9. The quantitative estimate of drug-likeness (QED) is 0.132. The average Bonchev–Trinajstić information content (AvgIpc) is 3.19. The predicted molar refractivity (Wildman–Crippen MR) is 211 cm³/mol. The minimum Gasteiger partial charge on any atom is -0.463 e. The van der Waals surface area contributed by atoms with Crippen molar-refractivity contribution in [2.45, 2.75) is 135 Å². The monoisotopic (exact) mass is 826 g/mol. The summed E-state index contributed by atoms with van der Waals surface area (Å²) in [4.78, 5) is 133. The Kier molecular flexibility index (Phi) is 17.5. The number of piperidine rings is 1. The van der Waals surface area contributed by atoms with Crippen LogP contribution in [0, 0.1) is 5.41 Å². The molecular weight excluding hydrogens is 768 g/mol. The van der Waals surface area contributed by atoms with Gasteiger partial charge in [0.2, 0.25) is 47.1 Å². The van der Waals surface area contributed by atoms with E-state index in [-0.39, 0.29) is 38.6 Å². The van der Waals surface area contributed by atoms with E-state index in [1.54, 1.807) is 0 Å². The lowest BCUT2D eigenvalue weighted by atomic mass is 9.87. The minimum atomic E-state index is -1.54. The number of carbonyl (C=O) groups excluding carboxylic acids is 10. The Hall–Kier alpha value is -5.88. The van der Waals surface area contributed by atoms with Crippen LogP contribution >= 0.6 is 0 Å².